The quantitative estimate of drug-likeness (QED) is 0.521. The van der Waals surface area contributed by atoms with Gasteiger partial charge in [-0.2, -0.15) is 0 Å². The van der Waals surface area contributed by atoms with Gasteiger partial charge in [0.2, 0.25) is 0 Å². The number of likely N-dealkylation sites (N-methyl/N-ethyl adjacent to an activating group) is 1. The Kier molecular flexibility index (Phi) is 3.09. The third-order valence-electron chi connectivity index (χ3n) is 1.22. The number of carbonyl (C=O) groups excluding carboxylic acids is 2. The Labute approximate surface area is 65.1 Å². The van der Waals surface area contributed by atoms with E-state index in [4.69, 9.17) is 0 Å². The molecule has 0 aromatic carbocycles. The van der Waals surface area contributed by atoms with E-state index in [1.54, 1.807) is 6.92 Å². The van der Waals surface area contributed by atoms with E-state index in [0.29, 0.717) is 6.54 Å². The van der Waals surface area contributed by atoms with Crippen molar-refractivity contribution in [3.63, 3.8) is 0 Å². The molecule has 0 radical (unpaired) electrons. The molecule has 2 amide bonds. The zero-order valence-corrected chi connectivity index (χ0v) is 6.35. The van der Waals surface area contributed by atoms with E-state index in [0.717, 1.165) is 0 Å². The van der Waals surface area contributed by atoms with Crippen LogP contribution in [0.15, 0.2) is 12.2 Å². The molecule has 1 aliphatic heterocycles. The Morgan fingerprint density at radius 3 is 1.90 bits per heavy atom. The standard InChI is InChI=1S/C6H7NO2.ClH/c1-2-7-5(8)3-4-6(7)9;/h3-4H,2H2,1H3;1H. The van der Waals surface area contributed by atoms with Crippen LogP contribution in [0.25, 0.3) is 0 Å². The highest BCUT2D eigenvalue weighted by Crippen LogP contribution is 2.00. The third-order valence-corrected chi connectivity index (χ3v) is 1.22. The van der Waals surface area contributed by atoms with Gasteiger partial charge in [0, 0.05) is 18.7 Å². The highest BCUT2D eigenvalue weighted by atomic mass is 35.5. The lowest BCUT2D eigenvalue weighted by atomic mass is 10.5. The van der Waals surface area contributed by atoms with Crippen LogP contribution < -0.4 is 0 Å². The Morgan fingerprint density at radius 1 is 1.30 bits per heavy atom. The van der Waals surface area contributed by atoms with Gasteiger partial charge in [0.05, 0.1) is 0 Å². The van der Waals surface area contributed by atoms with Gasteiger partial charge in [0.15, 0.2) is 0 Å². The van der Waals surface area contributed by atoms with Crippen LogP contribution in [0.3, 0.4) is 0 Å². The highest BCUT2D eigenvalue weighted by Gasteiger charge is 2.20. The molecule has 0 saturated carbocycles. The van der Waals surface area contributed by atoms with E-state index >= 15 is 0 Å². The number of rotatable bonds is 1. The van der Waals surface area contributed by atoms with Crippen LogP contribution >= 0.6 is 12.4 Å². The maximum absolute atomic E-state index is 10.6. The molecule has 1 heterocycles. The fourth-order valence-electron chi connectivity index (χ4n) is 0.743. The second-order valence-corrected chi connectivity index (χ2v) is 1.75. The number of halogens is 1. The monoisotopic (exact) mass is 161 g/mol. The summed E-state index contributed by atoms with van der Waals surface area (Å²) in [6, 6.07) is 0. The van der Waals surface area contributed by atoms with Gasteiger partial charge in [-0.25, -0.2) is 0 Å². The maximum atomic E-state index is 10.6. The third kappa shape index (κ3) is 1.36. The predicted molar refractivity (Wildman–Crippen MR) is 38.8 cm³/mol. The van der Waals surface area contributed by atoms with E-state index in [-0.39, 0.29) is 24.2 Å². The number of hydrogen-bond donors (Lipinski definition) is 0. The zero-order chi connectivity index (χ0) is 6.85. The molecule has 0 aliphatic carbocycles. The summed E-state index contributed by atoms with van der Waals surface area (Å²) < 4.78 is 0. The summed E-state index contributed by atoms with van der Waals surface area (Å²) >= 11 is 0. The van der Waals surface area contributed by atoms with Crippen molar-refractivity contribution in [2.75, 3.05) is 6.54 Å². The molecule has 10 heavy (non-hydrogen) atoms. The van der Waals surface area contributed by atoms with E-state index < -0.39 is 0 Å². The van der Waals surface area contributed by atoms with Crippen molar-refractivity contribution in [3.8, 4) is 0 Å². The van der Waals surface area contributed by atoms with Gasteiger partial charge in [-0.3, -0.25) is 14.5 Å². The molecule has 56 valence electrons. The molecular formula is C6H8ClNO2. The van der Waals surface area contributed by atoms with Crippen LogP contribution in [0.2, 0.25) is 0 Å². The lowest BCUT2D eigenvalue weighted by Gasteiger charge is -2.08. The molecule has 1 aliphatic rings. The van der Waals surface area contributed by atoms with Gasteiger partial charge in [0.25, 0.3) is 11.8 Å². The molecule has 0 saturated heterocycles. The maximum Gasteiger partial charge on any atom is 0.253 e. The first-order chi connectivity index (χ1) is 4.25. The number of amides is 2. The minimum Gasteiger partial charge on any atom is -0.276 e. The molecule has 0 N–H and O–H groups in total. The number of carbonyl (C=O) groups is 2. The number of hydrogen-bond acceptors (Lipinski definition) is 2. The predicted octanol–water partition coefficient (Wildman–Crippen LogP) is 0.353. The Morgan fingerprint density at radius 2 is 1.70 bits per heavy atom. The Bertz CT molecular complexity index is 170. The van der Waals surface area contributed by atoms with Gasteiger partial charge < -0.3 is 0 Å². The molecule has 4 heteroatoms. The lowest BCUT2D eigenvalue weighted by molar-refractivity contribution is -0.136. The first kappa shape index (κ1) is 9.17. The highest BCUT2D eigenvalue weighted by molar-refractivity contribution is 6.12. The first-order valence-corrected chi connectivity index (χ1v) is 2.79. The van der Waals surface area contributed by atoms with Gasteiger partial charge in [-0.1, -0.05) is 0 Å². The van der Waals surface area contributed by atoms with Crippen molar-refractivity contribution >= 4 is 24.2 Å². The molecule has 1 rings (SSSR count). The smallest absolute Gasteiger partial charge is 0.253 e. The van der Waals surface area contributed by atoms with Crippen molar-refractivity contribution in [1.29, 1.82) is 0 Å². The second-order valence-electron chi connectivity index (χ2n) is 1.75. The second kappa shape index (κ2) is 3.37. The molecular weight excluding hydrogens is 154 g/mol. The average Bonchev–Trinajstić information content (AvgIpc) is 2.12. The van der Waals surface area contributed by atoms with Crippen molar-refractivity contribution in [3.05, 3.63) is 12.2 Å². The van der Waals surface area contributed by atoms with Crippen LogP contribution in [0.1, 0.15) is 6.92 Å². The zero-order valence-electron chi connectivity index (χ0n) is 5.53. The summed E-state index contributed by atoms with van der Waals surface area (Å²) in [5.74, 6) is -0.412. The van der Waals surface area contributed by atoms with Gasteiger partial charge in [0.1, 0.15) is 0 Å². The molecule has 3 nitrogen and oxygen atoms in total. The summed E-state index contributed by atoms with van der Waals surface area (Å²) in [5, 5.41) is 0. The topological polar surface area (TPSA) is 37.4 Å². The van der Waals surface area contributed by atoms with Crippen LogP contribution in [-0.4, -0.2) is 23.3 Å². The van der Waals surface area contributed by atoms with Crippen LogP contribution in [0, 0.1) is 0 Å². The number of imide groups is 1. The molecule has 0 atom stereocenters. The van der Waals surface area contributed by atoms with Crippen LogP contribution in [0.5, 0.6) is 0 Å². The Hall–Kier alpha value is -0.830. The molecule has 0 aromatic rings. The number of nitrogens with zero attached hydrogens (tertiary/aromatic N) is 1. The average molecular weight is 162 g/mol. The first-order valence-electron chi connectivity index (χ1n) is 2.79. The summed E-state index contributed by atoms with van der Waals surface area (Å²) in [4.78, 5) is 22.4. The SMILES string of the molecule is CCN1C(=O)C=CC1=O.Cl. The summed E-state index contributed by atoms with van der Waals surface area (Å²) in [6.45, 7) is 2.23. The van der Waals surface area contributed by atoms with Crippen molar-refractivity contribution in [1.82, 2.24) is 4.90 Å². The summed E-state index contributed by atoms with van der Waals surface area (Å²) in [6.07, 6.45) is 2.57. The fraction of sp³-hybridized carbons (Fsp3) is 0.333. The Balaban J connectivity index is 0.000000810. The van der Waals surface area contributed by atoms with Gasteiger partial charge in [-0.15, -0.1) is 12.4 Å². The normalized spacial score (nSPS) is 15.9. The van der Waals surface area contributed by atoms with Gasteiger partial charge in [-0.05, 0) is 6.92 Å². The summed E-state index contributed by atoms with van der Waals surface area (Å²) in [5.41, 5.74) is 0. The van der Waals surface area contributed by atoms with E-state index in [9.17, 15) is 9.59 Å². The molecule has 0 fully saturated rings. The summed E-state index contributed by atoms with van der Waals surface area (Å²) in [7, 11) is 0. The lowest BCUT2D eigenvalue weighted by Crippen LogP contribution is -2.29. The van der Waals surface area contributed by atoms with E-state index in [1.165, 1.54) is 17.1 Å². The largest absolute Gasteiger partial charge is 0.276 e. The van der Waals surface area contributed by atoms with Crippen LogP contribution in [0.4, 0.5) is 0 Å². The fourth-order valence-corrected chi connectivity index (χ4v) is 0.743. The minimum atomic E-state index is -0.206. The van der Waals surface area contributed by atoms with E-state index in [1.807, 2.05) is 0 Å². The molecule has 0 unspecified atom stereocenters. The van der Waals surface area contributed by atoms with Crippen molar-refractivity contribution in [2.45, 2.75) is 6.92 Å². The minimum absolute atomic E-state index is 0. The van der Waals surface area contributed by atoms with Crippen molar-refractivity contribution < 1.29 is 9.59 Å². The molecule has 0 aromatic heterocycles. The van der Waals surface area contributed by atoms with Crippen LogP contribution in [-0.2, 0) is 9.59 Å². The molecule has 0 bridgehead atoms. The molecule has 0 spiro atoms. The van der Waals surface area contributed by atoms with E-state index in [2.05, 4.69) is 0 Å². The van der Waals surface area contributed by atoms with Crippen molar-refractivity contribution in [2.24, 2.45) is 0 Å². The van der Waals surface area contributed by atoms with Gasteiger partial charge >= 0.3 is 0 Å².